The van der Waals surface area contributed by atoms with Crippen molar-refractivity contribution in [3.8, 4) is 0 Å². The fourth-order valence-corrected chi connectivity index (χ4v) is 3.77. The summed E-state index contributed by atoms with van der Waals surface area (Å²) in [6.45, 7) is 5.21. The van der Waals surface area contributed by atoms with Gasteiger partial charge in [-0.05, 0) is 32.5 Å². The van der Waals surface area contributed by atoms with E-state index < -0.39 is 0 Å². The van der Waals surface area contributed by atoms with Crippen LogP contribution in [0, 0.1) is 6.92 Å². The predicted octanol–water partition coefficient (Wildman–Crippen LogP) is 1.91. The quantitative estimate of drug-likeness (QED) is 0.709. The van der Waals surface area contributed by atoms with E-state index in [1.54, 1.807) is 12.4 Å². The zero-order valence-electron chi connectivity index (χ0n) is 16.4. The summed E-state index contributed by atoms with van der Waals surface area (Å²) in [4.78, 5) is 23.5. The molecule has 28 heavy (non-hydrogen) atoms. The van der Waals surface area contributed by atoms with Crippen LogP contribution in [0.4, 0.5) is 0 Å². The van der Waals surface area contributed by atoms with Crippen molar-refractivity contribution in [2.24, 2.45) is 0 Å². The third-order valence-electron chi connectivity index (χ3n) is 5.30. The molecule has 1 aliphatic heterocycles. The molecule has 1 aliphatic rings. The van der Waals surface area contributed by atoms with Gasteiger partial charge in [-0.15, -0.1) is 0 Å². The van der Waals surface area contributed by atoms with Gasteiger partial charge in [0, 0.05) is 31.4 Å². The highest BCUT2D eigenvalue weighted by Gasteiger charge is 2.27. The van der Waals surface area contributed by atoms with Crippen molar-refractivity contribution < 1.29 is 4.79 Å². The number of aryl methyl sites for hydroxylation is 1. The third-order valence-corrected chi connectivity index (χ3v) is 5.30. The molecule has 1 fully saturated rings. The van der Waals surface area contributed by atoms with Gasteiger partial charge in [-0.2, -0.15) is 5.10 Å². The maximum absolute atomic E-state index is 12.2. The van der Waals surface area contributed by atoms with Crippen molar-refractivity contribution in [1.29, 1.82) is 0 Å². The van der Waals surface area contributed by atoms with Gasteiger partial charge in [0.2, 0.25) is 5.91 Å². The number of benzene rings is 1. The molecule has 7 nitrogen and oxygen atoms in total. The molecule has 1 saturated heterocycles. The van der Waals surface area contributed by atoms with Crippen LogP contribution in [0.2, 0.25) is 0 Å². The van der Waals surface area contributed by atoms with Crippen LogP contribution in [0.1, 0.15) is 29.2 Å². The molecule has 4 rings (SSSR count). The summed E-state index contributed by atoms with van der Waals surface area (Å²) in [6, 6.07) is 8.05. The predicted molar refractivity (Wildman–Crippen MR) is 108 cm³/mol. The number of rotatable bonds is 6. The number of amides is 1. The lowest BCUT2D eigenvalue weighted by atomic mass is 10.0. The minimum atomic E-state index is 0.0176. The maximum atomic E-state index is 12.2. The first-order chi connectivity index (χ1) is 13.6. The highest BCUT2D eigenvalue weighted by molar-refractivity contribution is 5.78. The van der Waals surface area contributed by atoms with E-state index in [1.807, 2.05) is 35.9 Å². The Balaban J connectivity index is 1.40. The molecule has 2 aromatic heterocycles. The molecule has 3 aromatic rings. The molecular formula is C21H26N6O. The number of hydrogen-bond donors (Lipinski definition) is 1. The van der Waals surface area contributed by atoms with Gasteiger partial charge in [0.25, 0.3) is 0 Å². The lowest BCUT2D eigenvalue weighted by molar-refractivity contribution is -0.120. The first kappa shape index (κ1) is 18.6. The summed E-state index contributed by atoms with van der Waals surface area (Å²) < 4.78 is 1.88. The largest absolute Gasteiger partial charge is 0.354 e. The van der Waals surface area contributed by atoms with Crippen LogP contribution in [0.5, 0.6) is 0 Å². The Labute approximate surface area is 164 Å². The van der Waals surface area contributed by atoms with Gasteiger partial charge in [-0.25, -0.2) is 14.6 Å². The van der Waals surface area contributed by atoms with E-state index in [0.717, 1.165) is 41.9 Å². The van der Waals surface area contributed by atoms with E-state index in [1.165, 1.54) is 5.56 Å². The lowest BCUT2D eigenvalue weighted by Gasteiger charge is -2.08. The first-order valence-corrected chi connectivity index (χ1v) is 9.78. The summed E-state index contributed by atoms with van der Waals surface area (Å²) in [5.41, 5.74) is 4.92. The van der Waals surface area contributed by atoms with Crippen LogP contribution in [-0.2, 0) is 17.8 Å². The number of nitrogens with zero attached hydrogens (tertiary/aromatic N) is 5. The van der Waals surface area contributed by atoms with Gasteiger partial charge < -0.3 is 10.2 Å². The Hall–Kier alpha value is -2.80. The monoisotopic (exact) mass is 378 g/mol. The number of fused-ring (bicyclic) bond motifs is 1. The Morgan fingerprint density at radius 3 is 2.75 bits per heavy atom. The summed E-state index contributed by atoms with van der Waals surface area (Å²) >= 11 is 0. The van der Waals surface area contributed by atoms with Crippen molar-refractivity contribution >= 4 is 17.1 Å². The highest BCUT2D eigenvalue weighted by atomic mass is 16.1. The van der Waals surface area contributed by atoms with Crippen LogP contribution >= 0.6 is 0 Å². The number of likely N-dealkylation sites (N-methyl/N-ethyl adjacent to an activating group) is 1. The molecule has 1 aromatic carbocycles. The summed E-state index contributed by atoms with van der Waals surface area (Å²) in [5.74, 6) is 0.408. The number of carbonyl (C=O) groups excluding carboxylic acids is 1. The molecule has 0 radical (unpaired) electrons. The third kappa shape index (κ3) is 4.04. The first-order valence-electron chi connectivity index (χ1n) is 9.78. The van der Waals surface area contributed by atoms with Crippen molar-refractivity contribution in [3.05, 3.63) is 53.5 Å². The summed E-state index contributed by atoms with van der Waals surface area (Å²) in [7, 11) is 2.13. The van der Waals surface area contributed by atoms with Crippen LogP contribution in [0.15, 0.2) is 36.7 Å². The van der Waals surface area contributed by atoms with E-state index >= 15 is 0 Å². The lowest BCUT2D eigenvalue weighted by Crippen LogP contribution is -2.29. The van der Waals surface area contributed by atoms with Gasteiger partial charge in [-0.3, -0.25) is 4.79 Å². The smallest absolute Gasteiger partial charge is 0.224 e. The van der Waals surface area contributed by atoms with Gasteiger partial charge in [-0.1, -0.05) is 29.8 Å². The molecule has 1 amide bonds. The Morgan fingerprint density at radius 1 is 1.21 bits per heavy atom. The summed E-state index contributed by atoms with van der Waals surface area (Å²) in [5, 5.41) is 7.80. The van der Waals surface area contributed by atoms with Gasteiger partial charge in [0.1, 0.15) is 5.52 Å². The molecule has 0 bridgehead atoms. The molecule has 0 unspecified atom stereocenters. The zero-order chi connectivity index (χ0) is 19.5. The van der Waals surface area contributed by atoms with Crippen LogP contribution in [-0.4, -0.2) is 57.2 Å². The molecule has 0 saturated carbocycles. The minimum Gasteiger partial charge on any atom is -0.354 e. The van der Waals surface area contributed by atoms with Gasteiger partial charge in [0.15, 0.2) is 5.65 Å². The Bertz CT molecular complexity index is 965. The molecule has 3 heterocycles. The highest BCUT2D eigenvalue weighted by Crippen LogP contribution is 2.29. The van der Waals surface area contributed by atoms with Crippen molar-refractivity contribution in [2.75, 3.05) is 26.7 Å². The number of hydrogen-bond acceptors (Lipinski definition) is 5. The Kier molecular flexibility index (Phi) is 5.34. The number of nitrogens with one attached hydrogen (secondary N) is 1. The number of likely N-dealkylation sites (tertiary alicyclic amines) is 1. The molecule has 1 atom stereocenters. The van der Waals surface area contributed by atoms with Crippen molar-refractivity contribution in [3.63, 3.8) is 0 Å². The topological polar surface area (TPSA) is 75.9 Å². The van der Waals surface area contributed by atoms with E-state index in [2.05, 4.69) is 27.2 Å². The Morgan fingerprint density at radius 2 is 2.00 bits per heavy atom. The second-order valence-corrected chi connectivity index (χ2v) is 7.60. The van der Waals surface area contributed by atoms with E-state index in [-0.39, 0.29) is 5.91 Å². The molecule has 7 heteroatoms. The number of aromatic nitrogens is 4. The van der Waals surface area contributed by atoms with Crippen LogP contribution in [0.3, 0.4) is 0 Å². The molecule has 0 aliphatic carbocycles. The molecule has 1 N–H and O–H groups in total. The van der Waals surface area contributed by atoms with Gasteiger partial charge in [0.05, 0.1) is 18.7 Å². The normalized spacial score (nSPS) is 17.3. The molecular weight excluding hydrogens is 352 g/mol. The zero-order valence-corrected chi connectivity index (χ0v) is 16.4. The average Bonchev–Trinajstić information content (AvgIpc) is 3.28. The second kappa shape index (κ2) is 8.06. The second-order valence-electron chi connectivity index (χ2n) is 7.60. The van der Waals surface area contributed by atoms with Crippen molar-refractivity contribution in [2.45, 2.75) is 32.2 Å². The number of carbonyl (C=O) groups is 1. The fourth-order valence-electron chi connectivity index (χ4n) is 3.77. The van der Waals surface area contributed by atoms with Crippen LogP contribution < -0.4 is 5.32 Å². The maximum Gasteiger partial charge on any atom is 0.224 e. The fraction of sp³-hybridized carbons (Fsp3) is 0.429. The summed E-state index contributed by atoms with van der Waals surface area (Å²) in [6.07, 6.45) is 4.90. The SMILES string of the molecule is Cc1ccc(CC(=O)NCCn2nc([C@@H]3CCN(C)C3)c3nccnc32)cc1. The average molecular weight is 378 g/mol. The van der Waals surface area contributed by atoms with Crippen LogP contribution in [0.25, 0.3) is 11.2 Å². The minimum absolute atomic E-state index is 0.0176. The molecule has 146 valence electrons. The molecule has 0 spiro atoms. The van der Waals surface area contributed by atoms with E-state index in [4.69, 9.17) is 5.10 Å². The van der Waals surface area contributed by atoms with Crippen molar-refractivity contribution in [1.82, 2.24) is 30.0 Å². The van der Waals surface area contributed by atoms with Gasteiger partial charge >= 0.3 is 0 Å². The standard InChI is InChI=1S/C21H26N6O/c1-15-3-5-16(6-4-15)13-18(28)22-10-12-27-21-20(23-8-9-24-21)19(25-27)17-7-11-26(2)14-17/h3-6,8-9,17H,7,10-14H2,1-2H3,(H,22,28)/t17-/m1/s1. The van der Waals surface area contributed by atoms with E-state index in [9.17, 15) is 4.79 Å². The van der Waals surface area contributed by atoms with E-state index in [0.29, 0.717) is 25.4 Å².